The van der Waals surface area contributed by atoms with E-state index < -0.39 is 0 Å². The minimum absolute atomic E-state index is 0.178. The Bertz CT molecular complexity index is 916. The minimum Gasteiger partial charge on any atom is -0.334 e. The van der Waals surface area contributed by atoms with Gasteiger partial charge >= 0.3 is 0 Å². The minimum atomic E-state index is -0.178. The monoisotopic (exact) mass is 400 g/mol. The third-order valence-electron chi connectivity index (χ3n) is 4.32. The number of carbonyl (C=O) groups is 1. The molecule has 1 saturated heterocycles. The van der Waals surface area contributed by atoms with Crippen molar-refractivity contribution in [2.75, 3.05) is 13.1 Å². The first-order valence-corrected chi connectivity index (χ1v) is 8.98. The summed E-state index contributed by atoms with van der Waals surface area (Å²) in [6.07, 6.45) is 3.75. The molecule has 1 unspecified atom stereocenters. The van der Waals surface area contributed by atoms with Crippen LogP contribution in [0.25, 0.3) is 11.2 Å². The number of H-pyrrole nitrogens is 1. The number of pyridine rings is 2. The van der Waals surface area contributed by atoms with E-state index in [9.17, 15) is 4.79 Å². The number of aromatic amines is 1. The van der Waals surface area contributed by atoms with Gasteiger partial charge in [0.15, 0.2) is 11.5 Å². The summed E-state index contributed by atoms with van der Waals surface area (Å²) in [5.41, 5.74) is 9.25. The zero-order valence-corrected chi connectivity index (χ0v) is 15.0. The average Bonchev–Trinajstić information content (AvgIpc) is 2.86. The van der Waals surface area contributed by atoms with Crippen LogP contribution in [-0.2, 0) is 0 Å². The number of imidazole rings is 1. The van der Waals surface area contributed by atoms with Crippen LogP contribution in [0.2, 0.25) is 0 Å². The van der Waals surface area contributed by atoms with Crippen molar-refractivity contribution in [3.05, 3.63) is 52.1 Å². The first-order valence-electron chi connectivity index (χ1n) is 8.19. The van der Waals surface area contributed by atoms with E-state index in [0.717, 1.165) is 37.1 Å². The molecule has 1 atom stereocenters. The van der Waals surface area contributed by atoms with Crippen LogP contribution in [0.3, 0.4) is 0 Å². The van der Waals surface area contributed by atoms with Crippen LogP contribution >= 0.6 is 15.9 Å². The number of ketones is 1. The Labute approximate surface area is 152 Å². The summed E-state index contributed by atoms with van der Waals surface area (Å²) in [4.78, 5) is 28.8. The lowest BCUT2D eigenvalue weighted by atomic mass is 9.99. The Morgan fingerprint density at radius 3 is 3.00 bits per heavy atom. The lowest BCUT2D eigenvalue weighted by molar-refractivity contribution is 0.103. The smallest absolute Gasteiger partial charge is 0.228 e. The van der Waals surface area contributed by atoms with Crippen molar-refractivity contribution < 1.29 is 4.79 Å². The summed E-state index contributed by atoms with van der Waals surface area (Å²) in [5.74, 6) is 0.452. The molecule has 8 heteroatoms. The van der Waals surface area contributed by atoms with Crippen LogP contribution in [0, 0.1) is 0 Å². The van der Waals surface area contributed by atoms with E-state index in [0.29, 0.717) is 27.6 Å². The van der Waals surface area contributed by atoms with Gasteiger partial charge < -0.3 is 4.98 Å². The number of nitrogens with zero attached hydrogens (tertiary/aromatic N) is 3. The molecule has 0 amide bonds. The van der Waals surface area contributed by atoms with Crippen molar-refractivity contribution in [1.29, 1.82) is 0 Å². The van der Waals surface area contributed by atoms with Gasteiger partial charge in [-0.3, -0.25) is 15.6 Å². The molecule has 0 aromatic carbocycles. The van der Waals surface area contributed by atoms with Crippen LogP contribution in [-0.4, -0.2) is 38.8 Å². The lowest BCUT2D eigenvalue weighted by Crippen LogP contribution is -2.32. The summed E-state index contributed by atoms with van der Waals surface area (Å²) in [5, 5.41) is 0. The SMILES string of the molecule is O=C(c1ccnc(Br)c1)c1nc2nc(C3CCCNNC3)ccc2[nH]1. The molecular weight excluding hydrogens is 384 g/mol. The van der Waals surface area contributed by atoms with E-state index in [2.05, 4.69) is 46.7 Å². The van der Waals surface area contributed by atoms with Crippen LogP contribution < -0.4 is 10.9 Å². The average molecular weight is 401 g/mol. The maximum absolute atomic E-state index is 12.6. The second-order valence-corrected chi connectivity index (χ2v) is 6.85. The molecule has 1 aliphatic rings. The Balaban J connectivity index is 1.65. The Morgan fingerprint density at radius 1 is 1.20 bits per heavy atom. The first kappa shape index (κ1) is 16.3. The Morgan fingerprint density at radius 2 is 2.12 bits per heavy atom. The highest BCUT2D eigenvalue weighted by atomic mass is 79.9. The quantitative estimate of drug-likeness (QED) is 0.461. The van der Waals surface area contributed by atoms with E-state index in [1.807, 2.05) is 12.1 Å². The lowest BCUT2D eigenvalue weighted by Gasteiger charge is -2.12. The highest BCUT2D eigenvalue weighted by Crippen LogP contribution is 2.22. The molecule has 0 radical (unpaired) electrons. The van der Waals surface area contributed by atoms with Crippen LogP contribution in [0.1, 0.15) is 40.6 Å². The van der Waals surface area contributed by atoms with Crippen LogP contribution in [0.4, 0.5) is 0 Å². The molecule has 4 heterocycles. The highest BCUT2D eigenvalue weighted by Gasteiger charge is 2.18. The van der Waals surface area contributed by atoms with Gasteiger partial charge in [-0.1, -0.05) is 0 Å². The van der Waals surface area contributed by atoms with Gasteiger partial charge in [-0.15, -0.1) is 0 Å². The number of nitrogens with one attached hydrogen (secondary N) is 3. The van der Waals surface area contributed by atoms with E-state index >= 15 is 0 Å². The van der Waals surface area contributed by atoms with Crippen molar-refractivity contribution in [2.24, 2.45) is 0 Å². The molecule has 0 bridgehead atoms. The standard InChI is InChI=1S/C17H17BrN6O/c18-14-8-10(5-7-19-14)15(25)17-23-13-4-3-12(22-16(13)24-17)11-2-1-6-20-21-9-11/h3-5,7-8,11,20-21H,1-2,6,9H2,(H,22,23,24). The van der Waals surface area contributed by atoms with E-state index in [1.54, 1.807) is 18.3 Å². The second-order valence-electron chi connectivity index (χ2n) is 6.04. The number of hydrogen-bond acceptors (Lipinski definition) is 6. The largest absolute Gasteiger partial charge is 0.334 e. The van der Waals surface area contributed by atoms with Crippen molar-refractivity contribution in [3.8, 4) is 0 Å². The zero-order chi connectivity index (χ0) is 17.2. The molecule has 0 saturated carbocycles. The fourth-order valence-corrected chi connectivity index (χ4v) is 3.36. The number of rotatable bonds is 3. The fourth-order valence-electron chi connectivity index (χ4n) is 3.00. The van der Waals surface area contributed by atoms with Crippen molar-refractivity contribution >= 4 is 32.9 Å². The van der Waals surface area contributed by atoms with Gasteiger partial charge in [-0.05, 0) is 53.0 Å². The summed E-state index contributed by atoms with van der Waals surface area (Å²) in [7, 11) is 0. The molecule has 4 rings (SSSR count). The highest BCUT2D eigenvalue weighted by molar-refractivity contribution is 9.10. The van der Waals surface area contributed by atoms with Crippen molar-refractivity contribution in [1.82, 2.24) is 30.8 Å². The molecule has 3 aromatic heterocycles. The molecule has 1 fully saturated rings. The van der Waals surface area contributed by atoms with Gasteiger partial charge in [0.2, 0.25) is 5.78 Å². The fraction of sp³-hybridized carbons (Fsp3) is 0.294. The summed E-state index contributed by atoms with van der Waals surface area (Å²) >= 11 is 3.28. The third-order valence-corrected chi connectivity index (χ3v) is 4.75. The topological polar surface area (TPSA) is 95.6 Å². The second kappa shape index (κ2) is 6.99. The van der Waals surface area contributed by atoms with Gasteiger partial charge in [0.1, 0.15) is 4.60 Å². The molecule has 3 N–H and O–H groups in total. The van der Waals surface area contributed by atoms with Crippen LogP contribution in [0.15, 0.2) is 35.1 Å². The molecular formula is C17H17BrN6O. The molecule has 25 heavy (non-hydrogen) atoms. The Hall–Kier alpha value is -2.16. The molecule has 128 valence electrons. The number of hydrogen-bond donors (Lipinski definition) is 3. The van der Waals surface area contributed by atoms with Crippen molar-refractivity contribution in [2.45, 2.75) is 18.8 Å². The summed E-state index contributed by atoms with van der Waals surface area (Å²) in [6, 6.07) is 7.31. The van der Waals surface area contributed by atoms with Gasteiger partial charge in [0.05, 0.1) is 5.52 Å². The van der Waals surface area contributed by atoms with Crippen molar-refractivity contribution in [3.63, 3.8) is 0 Å². The molecule has 3 aromatic rings. The number of aromatic nitrogens is 4. The molecule has 0 aliphatic carbocycles. The Kier molecular flexibility index (Phi) is 4.56. The first-order chi connectivity index (χ1) is 12.2. The van der Waals surface area contributed by atoms with E-state index in [4.69, 9.17) is 0 Å². The predicted molar refractivity (Wildman–Crippen MR) is 97.2 cm³/mol. The predicted octanol–water partition coefficient (Wildman–Crippen LogP) is 2.32. The molecule has 0 spiro atoms. The molecule has 7 nitrogen and oxygen atoms in total. The number of fused-ring (bicyclic) bond motifs is 1. The third kappa shape index (κ3) is 3.46. The van der Waals surface area contributed by atoms with Gasteiger partial charge in [0.25, 0.3) is 0 Å². The van der Waals surface area contributed by atoms with Gasteiger partial charge in [-0.25, -0.2) is 15.0 Å². The van der Waals surface area contributed by atoms with Gasteiger partial charge in [0, 0.05) is 36.5 Å². The normalized spacial score (nSPS) is 18.2. The maximum atomic E-state index is 12.6. The van der Waals surface area contributed by atoms with Gasteiger partial charge in [-0.2, -0.15) is 0 Å². The maximum Gasteiger partial charge on any atom is 0.228 e. The summed E-state index contributed by atoms with van der Waals surface area (Å²) in [6.45, 7) is 1.79. The number of halogens is 1. The van der Waals surface area contributed by atoms with E-state index in [-0.39, 0.29) is 5.78 Å². The number of carbonyl (C=O) groups excluding carboxylic acids is 1. The molecule has 1 aliphatic heterocycles. The zero-order valence-electron chi connectivity index (χ0n) is 13.4. The van der Waals surface area contributed by atoms with Crippen LogP contribution in [0.5, 0.6) is 0 Å². The number of hydrazine groups is 1. The summed E-state index contributed by atoms with van der Waals surface area (Å²) < 4.78 is 0.615. The van der Waals surface area contributed by atoms with E-state index in [1.165, 1.54) is 0 Å².